The summed E-state index contributed by atoms with van der Waals surface area (Å²) < 4.78 is 22.8. The van der Waals surface area contributed by atoms with Crippen LogP contribution >= 0.6 is 0 Å². The number of unbranched alkanes of at least 4 members (excludes halogenated alkanes) is 20. The molecule has 1 fully saturated rings. The van der Waals surface area contributed by atoms with Crippen molar-refractivity contribution in [3.05, 3.63) is 45.1 Å². The van der Waals surface area contributed by atoms with E-state index in [1.165, 1.54) is 77.0 Å². The molecule has 6 N–H and O–H groups in total. The van der Waals surface area contributed by atoms with Crippen LogP contribution in [0.2, 0.25) is 0 Å². The Labute approximate surface area is 441 Å². The number of allylic oxidation sites excluding steroid dienone is 2. The maximum atomic E-state index is 12.7. The summed E-state index contributed by atoms with van der Waals surface area (Å²) in [6, 6.07) is 0. The van der Waals surface area contributed by atoms with Gasteiger partial charge in [0.1, 0.15) is 38.1 Å². The molecule has 422 valence electrons. The molecule has 2 unspecified atom stereocenters. The monoisotopic (exact) mass is 1040 g/mol. The van der Waals surface area contributed by atoms with Gasteiger partial charge in [-0.05, 0) is 110 Å². The van der Waals surface area contributed by atoms with Gasteiger partial charge < -0.3 is 44.7 Å². The Bertz CT molecular complexity index is 1950. The molecule has 4 atom stereocenters. The van der Waals surface area contributed by atoms with Crippen LogP contribution in [0.5, 0.6) is 0 Å². The molecule has 1 aliphatic heterocycles. The van der Waals surface area contributed by atoms with Gasteiger partial charge in [0.05, 0.1) is 0 Å². The van der Waals surface area contributed by atoms with Crippen LogP contribution in [0.4, 0.5) is 5.95 Å². The number of esters is 3. The van der Waals surface area contributed by atoms with Crippen molar-refractivity contribution >= 4 is 35.0 Å². The SMILES string of the molecule is CCCCCC/C=C/COC(=O)CCCCCCCCN(CCCCCCCCC(=O)OC/C=C/CCCCCC)CCCN(C)CCCCCC(=O)OC[C@@H]1O[C@H](n2c(=O)[nH]c3c(=O)[nH]c(N)nc32)C(O)C1O. The molecule has 74 heavy (non-hydrogen) atoms. The standard InChI is InChI=1S/C56H97N7O11/c1-4-6-8-10-16-22-31-42-71-46(64)34-25-18-12-14-20-29-39-62(40-30-21-15-13-19-26-35-47(65)72-43-32-23-17-11-9-7-5-2)41-33-38-61(3)37-28-24-27-36-48(66)73-44-45-50(67)51(68)54(74-45)63-52-49(58-56(63)70)53(69)60-55(57)59-52/h22-23,31-32,45,50-51,54,67-68H,4-21,24-30,33-44H2,1-3H3,(H,58,70)(H3,57,59,60,69)/b31-22+,32-23+/t45-,50?,51?,54-/m0/s1. The normalized spacial score (nSPS) is 17.0. The average Bonchev–Trinajstić information content (AvgIpc) is 3.85. The number of rotatable bonds is 45. The summed E-state index contributed by atoms with van der Waals surface area (Å²) in [6.07, 6.45) is 32.5. The lowest BCUT2D eigenvalue weighted by Crippen LogP contribution is -2.35. The first-order valence-electron chi connectivity index (χ1n) is 28.6. The van der Waals surface area contributed by atoms with Crippen molar-refractivity contribution in [2.75, 3.05) is 65.3 Å². The van der Waals surface area contributed by atoms with Crippen LogP contribution in [0, 0.1) is 0 Å². The second kappa shape index (κ2) is 40.0. The molecule has 2 aromatic rings. The number of aromatic amines is 2. The molecule has 0 aromatic carbocycles. The minimum Gasteiger partial charge on any atom is -0.463 e. The summed E-state index contributed by atoms with van der Waals surface area (Å²) in [7, 11) is 2.14. The van der Waals surface area contributed by atoms with Gasteiger partial charge in [0.2, 0.25) is 5.95 Å². The summed E-state index contributed by atoms with van der Waals surface area (Å²) in [5.74, 6) is -0.890. The zero-order chi connectivity index (χ0) is 53.6. The quantitative estimate of drug-likeness (QED) is 0.0180. The van der Waals surface area contributed by atoms with Crippen molar-refractivity contribution < 1.29 is 43.5 Å². The van der Waals surface area contributed by atoms with Gasteiger partial charge in [-0.3, -0.25) is 29.1 Å². The number of hydrogen-bond acceptors (Lipinski definition) is 15. The molecule has 0 spiro atoms. The first-order valence-corrected chi connectivity index (χ1v) is 28.6. The van der Waals surface area contributed by atoms with Crippen LogP contribution in [0.25, 0.3) is 11.2 Å². The molecular weight excluding hydrogens is 947 g/mol. The number of nitrogen functional groups attached to an aromatic ring is 1. The van der Waals surface area contributed by atoms with Gasteiger partial charge in [-0.25, -0.2) is 9.36 Å². The Morgan fingerprint density at radius 2 is 1.07 bits per heavy atom. The third kappa shape index (κ3) is 27.4. The van der Waals surface area contributed by atoms with Gasteiger partial charge in [0, 0.05) is 19.3 Å². The Morgan fingerprint density at radius 3 is 1.62 bits per heavy atom. The maximum Gasteiger partial charge on any atom is 0.330 e. The average molecular weight is 1040 g/mol. The summed E-state index contributed by atoms with van der Waals surface area (Å²) in [5.41, 5.74) is 3.90. The van der Waals surface area contributed by atoms with Crippen molar-refractivity contribution in [2.24, 2.45) is 0 Å². The number of nitrogens with zero attached hydrogens (tertiary/aromatic N) is 4. The first kappa shape index (κ1) is 63.9. The number of hydrogen-bond donors (Lipinski definition) is 5. The number of nitrogens with one attached hydrogen (secondary N) is 2. The van der Waals surface area contributed by atoms with Crippen molar-refractivity contribution in [2.45, 2.75) is 225 Å². The zero-order valence-electron chi connectivity index (χ0n) is 45.7. The van der Waals surface area contributed by atoms with Gasteiger partial charge >= 0.3 is 23.6 Å². The summed E-state index contributed by atoms with van der Waals surface area (Å²) in [4.78, 5) is 75.4. The lowest BCUT2D eigenvalue weighted by atomic mass is 10.1. The van der Waals surface area contributed by atoms with E-state index in [-0.39, 0.29) is 42.1 Å². The van der Waals surface area contributed by atoms with E-state index in [9.17, 15) is 34.2 Å². The second-order valence-corrected chi connectivity index (χ2v) is 20.2. The van der Waals surface area contributed by atoms with Crippen molar-refractivity contribution in [1.29, 1.82) is 0 Å². The number of aromatic nitrogens is 4. The number of aliphatic hydroxyl groups excluding tert-OH is 2. The third-order valence-corrected chi connectivity index (χ3v) is 13.7. The van der Waals surface area contributed by atoms with E-state index in [1.807, 2.05) is 12.2 Å². The van der Waals surface area contributed by atoms with E-state index in [0.717, 1.165) is 121 Å². The highest BCUT2D eigenvalue weighted by molar-refractivity contribution is 5.71. The maximum absolute atomic E-state index is 12.7. The molecule has 0 bridgehead atoms. The number of anilines is 1. The number of imidazole rings is 1. The molecular formula is C56H97N7O11. The first-order chi connectivity index (χ1) is 35.9. The van der Waals surface area contributed by atoms with E-state index >= 15 is 0 Å². The number of H-pyrrole nitrogens is 2. The van der Waals surface area contributed by atoms with Gasteiger partial charge in [-0.2, -0.15) is 4.98 Å². The fraction of sp³-hybridized carbons (Fsp3) is 0.786. The minimum absolute atomic E-state index is 0.0999. The highest BCUT2D eigenvalue weighted by atomic mass is 16.6. The molecule has 0 amide bonds. The highest BCUT2D eigenvalue weighted by Crippen LogP contribution is 2.30. The molecule has 18 nitrogen and oxygen atoms in total. The molecule has 18 heteroatoms. The number of nitrogens with two attached hydrogens (primary N) is 1. The molecule has 1 aliphatic rings. The van der Waals surface area contributed by atoms with E-state index in [2.05, 4.69) is 57.8 Å². The van der Waals surface area contributed by atoms with Crippen LogP contribution in [0.15, 0.2) is 33.9 Å². The van der Waals surface area contributed by atoms with Gasteiger partial charge in [-0.1, -0.05) is 134 Å². The number of carbonyl (C=O) groups is 3. The van der Waals surface area contributed by atoms with Gasteiger partial charge in [-0.15, -0.1) is 0 Å². The van der Waals surface area contributed by atoms with Crippen LogP contribution in [0.1, 0.15) is 206 Å². The van der Waals surface area contributed by atoms with Crippen molar-refractivity contribution in [3.63, 3.8) is 0 Å². The van der Waals surface area contributed by atoms with Crippen LogP contribution in [-0.2, 0) is 33.3 Å². The van der Waals surface area contributed by atoms with Crippen LogP contribution in [0.3, 0.4) is 0 Å². The Balaban J connectivity index is 1.29. The zero-order valence-corrected chi connectivity index (χ0v) is 45.7. The number of carbonyl (C=O) groups excluding carboxylic acids is 3. The lowest BCUT2D eigenvalue weighted by molar-refractivity contribution is -0.150. The van der Waals surface area contributed by atoms with E-state index in [0.29, 0.717) is 32.5 Å². The van der Waals surface area contributed by atoms with Gasteiger partial charge in [0.25, 0.3) is 5.56 Å². The largest absolute Gasteiger partial charge is 0.463 e. The molecule has 3 heterocycles. The fourth-order valence-electron chi connectivity index (χ4n) is 9.23. The fourth-order valence-corrected chi connectivity index (χ4v) is 9.23. The Kier molecular flexibility index (Phi) is 34.5. The second-order valence-electron chi connectivity index (χ2n) is 20.2. The molecule has 3 rings (SSSR count). The predicted molar refractivity (Wildman–Crippen MR) is 292 cm³/mol. The highest BCUT2D eigenvalue weighted by Gasteiger charge is 2.45. The predicted octanol–water partition coefficient (Wildman–Crippen LogP) is 8.94. The van der Waals surface area contributed by atoms with Crippen molar-refractivity contribution in [3.8, 4) is 0 Å². The van der Waals surface area contributed by atoms with Crippen LogP contribution < -0.4 is 17.0 Å². The molecule has 2 aromatic heterocycles. The minimum atomic E-state index is -1.56. The van der Waals surface area contributed by atoms with E-state index in [4.69, 9.17) is 24.7 Å². The Hall–Kier alpha value is -4.36. The summed E-state index contributed by atoms with van der Waals surface area (Å²) in [6.45, 7) is 9.97. The lowest BCUT2D eigenvalue weighted by Gasteiger charge is -2.24. The molecule has 0 aliphatic carbocycles. The van der Waals surface area contributed by atoms with Gasteiger partial charge in [0.15, 0.2) is 17.4 Å². The number of ether oxygens (including phenoxy) is 4. The molecule has 1 saturated heterocycles. The number of fused-ring (bicyclic) bond motifs is 1. The smallest absolute Gasteiger partial charge is 0.330 e. The topological polar surface area (TPSA) is 245 Å². The summed E-state index contributed by atoms with van der Waals surface area (Å²) >= 11 is 0. The number of aliphatic hydroxyl groups is 2. The van der Waals surface area contributed by atoms with E-state index in [1.54, 1.807) is 0 Å². The third-order valence-electron chi connectivity index (χ3n) is 13.7. The van der Waals surface area contributed by atoms with Crippen molar-refractivity contribution in [1.82, 2.24) is 29.3 Å². The summed E-state index contributed by atoms with van der Waals surface area (Å²) in [5, 5.41) is 21.3. The van der Waals surface area contributed by atoms with E-state index < -0.39 is 41.8 Å². The molecule has 0 saturated carbocycles. The van der Waals surface area contributed by atoms with Crippen LogP contribution in [-0.4, -0.2) is 135 Å². The molecule has 0 radical (unpaired) electrons. The Morgan fingerprint density at radius 1 is 0.608 bits per heavy atom.